The van der Waals surface area contributed by atoms with Crippen molar-refractivity contribution in [2.24, 2.45) is 7.05 Å². The lowest BCUT2D eigenvalue weighted by Crippen LogP contribution is -2.26. The Labute approximate surface area is 118 Å². The van der Waals surface area contributed by atoms with Crippen LogP contribution in [0.25, 0.3) is 0 Å². The number of carbonyl (C=O) groups is 1. The number of nitrogens with two attached hydrogens (primary N) is 1. The number of aromatic nitrogens is 2. The van der Waals surface area contributed by atoms with Crippen molar-refractivity contribution in [2.75, 3.05) is 12.3 Å². The minimum absolute atomic E-state index is 0.0513. The zero-order valence-corrected chi connectivity index (χ0v) is 11.7. The normalized spacial score (nSPS) is 10.4. The van der Waals surface area contributed by atoms with Crippen LogP contribution in [0.4, 0.5) is 5.69 Å². The van der Waals surface area contributed by atoms with Crippen LogP contribution in [0.3, 0.4) is 0 Å². The molecule has 0 aliphatic heterocycles. The van der Waals surface area contributed by atoms with Crippen molar-refractivity contribution >= 4 is 11.6 Å². The van der Waals surface area contributed by atoms with Gasteiger partial charge in [0.2, 0.25) is 5.91 Å². The number of hydrogen-bond acceptors (Lipinski definition) is 3. The molecule has 1 aromatic carbocycles. The molecule has 0 radical (unpaired) electrons. The van der Waals surface area contributed by atoms with Crippen LogP contribution in [-0.4, -0.2) is 22.2 Å². The first-order chi connectivity index (χ1) is 9.66. The van der Waals surface area contributed by atoms with Crippen molar-refractivity contribution < 1.29 is 4.79 Å². The zero-order chi connectivity index (χ0) is 14.4. The molecule has 0 spiro atoms. The molecular formula is C15H20N4O. The van der Waals surface area contributed by atoms with Crippen LogP contribution in [-0.2, 0) is 24.7 Å². The zero-order valence-electron chi connectivity index (χ0n) is 11.7. The third-order valence-electron chi connectivity index (χ3n) is 3.30. The molecule has 0 saturated carbocycles. The molecule has 0 fully saturated rings. The average Bonchev–Trinajstić information content (AvgIpc) is 2.84. The molecule has 0 bridgehead atoms. The number of nitrogen functional groups attached to an aromatic ring is 1. The Morgan fingerprint density at radius 1 is 1.30 bits per heavy atom. The lowest BCUT2D eigenvalue weighted by molar-refractivity contribution is -0.121. The number of nitrogens with one attached hydrogen (secondary N) is 1. The number of nitrogens with zero attached hydrogens (tertiary/aromatic N) is 2. The lowest BCUT2D eigenvalue weighted by Gasteiger charge is -2.07. The number of anilines is 1. The Morgan fingerprint density at radius 3 is 2.80 bits per heavy atom. The average molecular weight is 272 g/mol. The maximum Gasteiger partial charge on any atom is 0.220 e. The number of benzene rings is 1. The number of para-hydroxylation sites is 1. The Bertz CT molecular complexity index is 577. The first-order valence-electron chi connectivity index (χ1n) is 6.74. The Balaban J connectivity index is 1.71. The SMILES string of the molecule is Cn1nccc1CCNC(=O)CCc1ccccc1N. The summed E-state index contributed by atoms with van der Waals surface area (Å²) in [5.74, 6) is 0.0513. The molecule has 5 heteroatoms. The lowest BCUT2D eigenvalue weighted by atomic mass is 10.1. The fraction of sp³-hybridized carbons (Fsp3) is 0.333. The Morgan fingerprint density at radius 2 is 2.10 bits per heavy atom. The van der Waals surface area contributed by atoms with Gasteiger partial charge in [-0.05, 0) is 24.1 Å². The van der Waals surface area contributed by atoms with Gasteiger partial charge < -0.3 is 11.1 Å². The molecule has 0 saturated heterocycles. The fourth-order valence-corrected chi connectivity index (χ4v) is 2.07. The molecule has 3 N–H and O–H groups in total. The van der Waals surface area contributed by atoms with Crippen LogP contribution in [0, 0.1) is 0 Å². The maximum absolute atomic E-state index is 11.8. The minimum atomic E-state index is 0.0513. The van der Waals surface area contributed by atoms with Crippen molar-refractivity contribution in [1.29, 1.82) is 0 Å². The van der Waals surface area contributed by atoms with E-state index in [-0.39, 0.29) is 5.91 Å². The Kier molecular flexibility index (Phi) is 4.76. The van der Waals surface area contributed by atoms with E-state index in [1.807, 2.05) is 42.1 Å². The molecule has 2 aromatic rings. The molecule has 5 nitrogen and oxygen atoms in total. The van der Waals surface area contributed by atoms with Crippen LogP contribution in [0.2, 0.25) is 0 Å². The number of carbonyl (C=O) groups excluding carboxylic acids is 1. The number of hydrogen-bond donors (Lipinski definition) is 2. The predicted molar refractivity (Wildman–Crippen MR) is 79.1 cm³/mol. The van der Waals surface area contributed by atoms with Gasteiger partial charge in [0.1, 0.15) is 0 Å². The molecular weight excluding hydrogens is 252 g/mol. The molecule has 1 heterocycles. The van der Waals surface area contributed by atoms with Gasteiger partial charge in [0.15, 0.2) is 0 Å². The summed E-state index contributed by atoms with van der Waals surface area (Å²) in [6.45, 7) is 0.628. The fourth-order valence-electron chi connectivity index (χ4n) is 2.07. The molecule has 106 valence electrons. The van der Waals surface area contributed by atoms with E-state index in [1.54, 1.807) is 6.20 Å². The minimum Gasteiger partial charge on any atom is -0.399 e. The van der Waals surface area contributed by atoms with Gasteiger partial charge in [0.25, 0.3) is 0 Å². The summed E-state index contributed by atoms with van der Waals surface area (Å²) >= 11 is 0. The van der Waals surface area contributed by atoms with Crippen LogP contribution in [0.1, 0.15) is 17.7 Å². The summed E-state index contributed by atoms with van der Waals surface area (Å²) in [5, 5.41) is 7.01. The van der Waals surface area contributed by atoms with Gasteiger partial charge in [-0.15, -0.1) is 0 Å². The van der Waals surface area contributed by atoms with Crippen molar-refractivity contribution in [3.63, 3.8) is 0 Å². The van der Waals surface area contributed by atoms with Gasteiger partial charge in [0, 0.05) is 44.0 Å². The van der Waals surface area contributed by atoms with Crippen molar-refractivity contribution in [3.8, 4) is 0 Å². The van der Waals surface area contributed by atoms with Crippen LogP contribution < -0.4 is 11.1 Å². The van der Waals surface area contributed by atoms with Crippen molar-refractivity contribution in [1.82, 2.24) is 15.1 Å². The van der Waals surface area contributed by atoms with E-state index in [2.05, 4.69) is 10.4 Å². The highest BCUT2D eigenvalue weighted by molar-refractivity contribution is 5.76. The molecule has 2 rings (SSSR count). The van der Waals surface area contributed by atoms with Gasteiger partial charge in [-0.25, -0.2) is 0 Å². The van der Waals surface area contributed by atoms with E-state index in [1.165, 1.54) is 0 Å². The molecule has 0 aliphatic rings. The summed E-state index contributed by atoms with van der Waals surface area (Å²) < 4.78 is 1.82. The van der Waals surface area contributed by atoms with Crippen LogP contribution in [0.15, 0.2) is 36.5 Å². The quantitative estimate of drug-likeness (QED) is 0.778. The van der Waals surface area contributed by atoms with Gasteiger partial charge in [-0.1, -0.05) is 18.2 Å². The molecule has 1 aromatic heterocycles. The second-order valence-electron chi connectivity index (χ2n) is 4.74. The molecule has 0 aliphatic carbocycles. The largest absolute Gasteiger partial charge is 0.399 e. The topological polar surface area (TPSA) is 72.9 Å². The summed E-state index contributed by atoms with van der Waals surface area (Å²) in [7, 11) is 1.90. The standard InChI is InChI=1S/C15H20N4O/c1-19-13(9-11-18-19)8-10-17-15(20)7-6-12-4-2-3-5-14(12)16/h2-5,9,11H,6-8,10,16H2,1H3,(H,17,20). The van der Waals surface area contributed by atoms with Gasteiger partial charge in [-0.2, -0.15) is 5.10 Å². The summed E-state index contributed by atoms with van der Waals surface area (Å²) in [6.07, 6.45) is 3.68. The molecule has 0 unspecified atom stereocenters. The van der Waals surface area contributed by atoms with Gasteiger partial charge in [-0.3, -0.25) is 9.48 Å². The highest BCUT2D eigenvalue weighted by atomic mass is 16.1. The van der Waals surface area contributed by atoms with Crippen LogP contribution in [0.5, 0.6) is 0 Å². The van der Waals surface area contributed by atoms with E-state index >= 15 is 0 Å². The van der Waals surface area contributed by atoms with E-state index in [9.17, 15) is 4.79 Å². The van der Waals surface area contributed by atoms with E-state index in [4.69, 9.17) is 5.73 Å². The van der Waals surface area contributed by atoms with Crippen molar-refractivity contribution in [2.45, 2.75) is 19.3 Å². The molecule has 0 atom stereocenters. The monoisotopic (exact) mass is 272 g/mol. The second-order valence-corrected chi connectivity index (χ2v) is 4.74. The second kappa shape index (κ2) is 6.75. The van der Waals surface area contributed by atoms with E-state index in [0.29, 0.717) is 19.4 Å². The first-order valence-corrected chi connectivity index (χ1v) is 6.74. The van der Waals surface area contributed by atoms with E-state index in [0.717, 1.165) is 23.4 Å². The summed E-state index contributed by atoms with van der Waals surface area (Å²) in [4.78, 5) is 11.8. The third kappa shape index (κ3) is 3.85. The molecule has 20 heavy (non-hydrogen) atoms. The van der Waals surface area contributed by atoms with E-state index < -0.39 is 0 Å². The number of rotatable bonds is 6. The van der Waals surface area contributed by atoms with Gasteiger partial charge >= 0.3 is 0 Å². The highest BCUT2D eigenvalue weighted by Gasteiger charge is 2.05. The maximum atomic E-state index is 11.8. The smallest absolute Gasteiger partial charge is 0.220 e. The highest BCUT2D eigenvalue weighted by Crippen LogP contribution is 2.12. The predicted octanol–water partition coefficient (Wildman–Crippen LogP) is 1.29. The first kappa shape index (κ1) is 14.1. The summed E-state index contributed by atoms with van der Waals surface area (Å²) in [5.41, 5.74) is 8.72. The summed E-state index contributed by atoms with van der Waals surface area (Å²) in [6, 6.07) is 9.60. The third-order valence-corrected chi connectivity index (χ3v) is 3.30. The number of amides is 1. The van der Waals surface area contributed by atoms with Crippen molar-refractivity contribution in [3.05, 3.63) is 47.8 Å². The van der Waals surface area contributed by atoms with Crippen LogP contribution >= 0.6 is 0 Å². The molecule has 1 amide bonds. The van der Waals surface area contributed by atoms with Gasteiger partial charge in [0.05, 0.1) is 0 Å². The Hall–Kier alpha value is -2.30. The number of aryl methyl sites for hydroxylation is 2.